The van der Waals surface area contributed by atoms with E-state index in [1.54, 1.807) is 14.2 Å². The minimum atomic E-state index is 0.423. The molecule has 0 aliphatic heterocycles. The van der Waals surface area contributed by atoms with E-state index in [1.807, 2.05) is 48.5 Å². The molecule has 0 aliphatic rings. The SMILES string of the molecule is COc1cccc(C(=N)c2ccccc2)c1OC. The summed E-state index contributed by atoms with van der Waals surface area (Å²) >= 11 is 0. The molecule has 0 saturated heterocycles. The van der Waals surface area contributed by atoms with Gasteiger partial charge in [-0.2, -0.15) is 0 Å². The van der Waals surface area contributed by atoms with Gasteiger partial charge in [-0.25, -0.2) is 0 Å². The minimum absolute atomic E-state index is 0.423. The second-order valence-corrected chi connectivity index (χ2v) is 3.78. The van der Waals surface area contributed by atoms with Crippen LogP contribution in [0.25, 0.3) is 0 Å². The molecule has 0 aromatic heterocycles. The summed E-state index contributed by atoms with van der Waals surface area (Å²) in [6.45, 7) is 0. The van der Waals surface area contributed by atoms with Gasteiger partial charge in [-0.3, -0.25) is 5.41 Å². The molecule has 1 N–H and O–H groups in total. The predicted molar refractivity (Wildman–Crippen MR) is 71.9 cm³/mol. The maximum Gasteiger partial charge on any atom is 0.170 e. The third kappa shape index (κ3) is 2.20. The molecule has 18 heavy (non-hydrogen) atoms. The molecule has 92 valence electrons. The normalized spacial score (nSPS) is 9.89. The summed E-state index contributed by atoms with van der Waals surface area (Å²) in [6, 6.07) is 15.1. The lowest BCUT2D eigenvalue weighted by Crippen LogP contribution is -2.05. The number of rotatable bonds is 4. The Morgan fingerprint density at radius 3 is 2.22 bits per heavy atom. The van der Waals surface area contributed by atoms with E-state index < -0.39 is 0 Å². The van der Waals surface area contributed by atoms with Gasteiger partial charge < -0.3 is 9.47 Å². The van der Waals surface area contributed by atoms with E-state index in [9.17, 15) is 0 Å². The van der Waals surface area contributed by atoms with Crippen molar-refractivity contribution >= 4 is 5.71 Å². The second kappa shape index (κ2) is 5.36. The summed E-state index contributed by atoms with van der Waals surface area (Å²) in [5.74, 6) is 1.23. The summed E-state index contributed by atoms with van der Waals surface area (Å²) in [4.78, 5) is 0. The Hall–Kier alpha value is -2.29. The summed E-state index contributed by atoms with van der Waals surface area (Å²) in [5.41, 5.74) is 2.00. The zero-order valence-corrected chi connectivity index (χ0v) is 10.4. The molecule has 0 unspecified atom stereocenters. The Kier molecular flexibility index (Phi) is 3.63. The molecule has 0 aliphatic carbocycles. The van der Waals surface area contributed by atoms with E-state index in [4.69, 9.17) is 14.9 Å². The molecule has 0 bridgehead atoms. The fraction of sp³-hybridized carbons (Fsp3) is 0.133. The average molecular weight is 241 g/mol. The maximum atomic E-state index is 8.25. The van der Waals surface area contributed by atoms with Gasteiger partial charge in [0.1, 0.15) is 0 Å². The van der Waals surface area contributed by atoms with Crippen LogP contribution in [0.15, 0.2) is 48.5 Å². The molecule has 2 rings (SSSR count). The first-order chi connectivity index (χ1) is 8.77. The highest BCUT2D eigenvalue weighted by molar-refractivity contribution is 6.12. The Morgan fingerprint density at radius 2 is 1.61 bits per heavy atom. The fourth-order valence-electron chi connectivity index (χ4n) is 1.84. The molecule has 0 amide bonds. The third-order valence-corrected chi connectivity index (χ3v) is 2.73. The van der Waals surface area contributed by atoms with E-state index >= 15 is 0 Å². The van der Waals surface area contributed by atoms with Gasteiger partial charge >= 0.3 is 0 Å². The molecule has 0 heterocycles. The Bertz CT molecular complexity index is 550. The van der Waals surface area contributed by atoms with Crippen LogP contribution < -0.4 is 9.47 Å². The van der Waals surface area contributed by atoms with Crippen molar-refractivity contribution in [1.29, 1.82) is 5.41 Å². The number of hydrogen-bond donors (Lipinski definition) is 1. The van der Waals surface area contributed by atoms with Crippen molar-refractivity contribution in [3.8, 4) is 11.5 Å². The highest BCUT2D eigenvalue weighted by Gasteiger charge is 2.14. The number of methoxy groups -OCH3 is 2. The van der Waals surface area contributed by atoms with Crippen LogP contribution >= 0.6 is 0 Å². The van der Waals surface area contributed by atoms with Gasteiger partial charge in [0, 0.05) is 11.1 Å². The second-order valence-electron chi connectivity index (χ2n) is 3.78. The van der Waals surface area contributed by atoms with Crippen LogP contribution in [0.3, 0.4) is 0 Å². The number of ether oxygens (including phenoxy) is 2. The quantitative estimate of drug-likeness (QED) is 0.836. The molecule has 0 atom stereocenters. The predicted octanol–water partition coefficient (Wildman–Crippen LogP) is 3.12. The molecule has 3 nitrogen and oxygen atoms in total. The highest BCUT2D eigenvalue weighted by Crippen LogP contribution is 2.31. The molecular weight excluding hydrogens is 226 g/mol. The fourth-order valence-corrected chi connectivity index (χ4v) is 1.84. The van der Waals surface area contributed by atoms with Gasteiger partial charge in [0.2, 0.25) is 0 Å². The van der Waals surface area contributed by atoms with Crippen LogP contribution in [0, 0.1) is 5.41 Å². The Morgan fingerprint density at radius 1 is 0.889 bits per heavy atom. The molecular formula is C15H15NO2. The lowest BCUT2D eigenvalue weighted by atomic mass is 10.0. The molecule has 2 aromatic rings. The van der Waals surface area contributed by atoms with Crippen LogP contribution in [0.2, 0.25) is 0 Å². The highest BCUT2D eigenvalue weighted by atomic mass is 16.5. The first-order valence-corrected chi connectivity index (χ1v) is 5.63. The average Bonchev–Trinajstić information content (AvgIpc) is 2.46. The van der Waals surface area contributed by atoms with Crippen molar-refractivity contribution in [3.05, 3.63) is 59.7 Å². The zero-order chi connectivity index (χ0) is 13.0. The van der Waals surface area contributed by atoms with Crippen molar-refractivity contribution < 1.29 is 9.47 Å². The zero-order valence-electron chi connectivity index (χ0n) is 10.4. The van der Waals surface area contributed by atoms with E-state index in [0.717, 1.165) is 11.1 Å². The monoisotopic (exact) mass is 241 g/mol. The number of hydrogen-bond acceptors (Lipinski definition) is 3. The van der Waals surface area contributed by atoms with Gasteiger partial charge in [0.15, 0.2) is 11.5 Å². The first-order valence-electron chi connectivity index (χ1n) is 5.63. The third-order valence-electron chi connectivity index (χ3n) is 2.73. The van der Waals surface area contributed by atoms with Gasteiger partial charge in [-0.05, 0) is 12.1 Å². The van der Waals surface area contributed by atoms with Gasteiger partial charge in [-0.15, -0.1) is 0 Å². The van der Waals surface area contributed by atoms with Crippen LogP contribution in [-0.2, 0) is 0 Å². The molecule has 0 saturated carbocycles. The van der Waals surface area contributed by atoms with Crippen LogP contribution in [-0.4, -0.2) is 19.9 Å². The molecule has 2 aromatic carbocycles. The van der Waals surface area contributed by atoms with Gasteiger partial charge in [-0.1, -0.05) is 36.4 Å². The van der Waals surface area contributed by atoms with Crippen LogP contribution in [0.5, 0.6) is 11.5 Å². The smallest absolute Gasteiger partial charge is 0.170 e. The van der Waals surface area contributed by atoms with E-state index in [2.05, 4.69) is 0 Å². The summed E-state index contributed by atoms with van der Waals surface area (Å²) in [6.07, 6.45) is 0. The molecule has 0 spiro atoms. The van der Waals surface area contributed by atoms with Crippen LogP contribution in [0.1, 0.15) is 11.1 Å². The van der Waals surface area contributed by atoms with Crippen molar-refractivity contribution in [2.24, 2.45) is 0 Å². The van der Waals surface area contributed by atoms with Gasteiger partial charge in [0.25, 0.3) is 0 Å². The standard InChI is InChI=1S/C15H15NO2/c1-17-13-10-6-9-12(15(13)18-2)14(16)11-7-4-3-5-8-11/h3-10,16H,1-2H3. The lowest BCUT2D eigenvalue weighted by molar-refractivity contribution is 0.354. The summed E-state index contributed by atoms with van der Waals surface area (Å²) < 4.78 is 10.6. The molecule has 0 radical (unpaired) electrons. The van der Waals surface area contributed by atoms with Crippen molar-refractivity contribution in [1.82, 2.24) is 0 Å². The largest absolute Gasteiger partial charge is 0.493 e. The number of benzene rings is 2. The number of nitrogens with one attached hydrogen (secondary N) is 1. The van der Waals surface area contributed by atoms with Crippen molar-refractivity contribution in [2.75, 3.05) is 14.2 Å². The van der Waals surface area contributed by atoms with E-state index in [0.29, 0.717) is 17.2 Å². The van der Waals surface area contributed by atoms with E-state index in [1.165, 1.54) is 0 Å². The maximum absolute atomic E-state index is 8.25. The van der Waals surface area contributed by atoms with Crippen molar-refractivity contribution in [2.45, 2.75) is 0 Å². The summed E-state index contributed by atoms with van der Waals surface area (Å²) in [7, 11) is 3.17. The Balaban J connectivity index is 2.48. The lowest BCUT2D eigenvalue weighted by Gasteiger charge is -2.13. The van der Waals surface area contributed by atoms with Crippen LogP contribution in [0.4, 0.5) is 0 Å². The molecule has 0 fully saturated rings. The van der Waals surface area contributed by atoms with Crippen molar-refractivity contribution in [3.63, 3.8) is 0 Å². The topological polar surface area (TPSA) is 42.3 Å². The van der Waals surface area contributed by atoms with Gasteiger partial charge in [0.05, 0.1) is 19.9 Å². The Labute approximate surface area is 106 Å². The van der Waals surface area contributed by atoms with E-state index in [-0.39, 0.29) is 0 Å². The number of para-hydroxylation sites is 1. The first kappa shape index (κ1) is 12.2. The summed E-state index contributed by atoms with van der Waals surface area (Å²) in [5, 5.41) is 8.25. The minimum Gasteiger partial charge on any atom is -0.493 e. The molecule has 3 heteroatoms.